The fourth-order valence-corrected chi connectivity index (χ4v) is 0.378. The van der Waals surface area contributed by atoms with Crippen molar-refractivity contribution in [2.24, 2.45) is 5.73 Å². The summed E-state index contributed by atoms with van der Waals surface area (Å²) in [5.74, 6) is -1.80. The molecule has 0 aliphatic rings. The summed E-state index contributed by atoms with van der Waals surface area (Å²) in [6.45, 7) is 1.05. The van der Waals surface area contributed by atoms with Crippen LogP contribution < -0.4 is 5.73 Å². The number of amides is 1. The van der Waals surface area contributed by atoms with E-state index >= 15 is 0 Å². The minimum atomic E-state index is -1.79. The first-order valence-electron chi connectivity index (χ1n) is 2.62. The van der Waals surface area contributed by atoms with Crippen LogP contribution in [0.1, 0.15) is 6.92 Å². The van der Waals surface area contributed by atoms with Crippen molar-refractivity contribution in [1.29, 1.82) is 0 Å². The van der Waals surface area contributed by atoms with Crippen LogP contribution in [-0.4, -0.2) is 34.1 Å². The lowest BCUT2D eigenvalue weighted by Gasteiger charge is -2.09. The van der Waals surface area contributed by atoms with Crippen LogP contribution in [0.2, 0.25) is 0 Å². The predicted octanol–water partition coefficient (Wildman–Crippen LogP) is -2.22. The molecule has 0 spiro atoms. The number of carbonyl (C=O) groups is 2. The fraction of sp³-hybridized carbons (Fsp3) is 0.600. The van der Waals surface area contributed by atoms with Gasteiger partial charge in [-0.2, -0.15) is 0 Å². The molecule has 58 valence electrons. The number of ketones is 1. The van der Waals surface area contributed by atoms with Crippen LogP contribution in [-0.2, 0) is 9.59 Å². The molecule has 0 aromatic carbocycles. The zero-order valence-electron chi connectivity index (χ0n) is 5.44. The summed E-state index contributed by atoms with van der Waals surface area (Å²) in [5.41, 5.74) is 4.57. The molecule has 1 amide bonds. The van der Waals surface area contributed by atoms with Gasteiger partial charge in [0, 0.05) is 0 Å². The second-order valence-electron chi connectivity index (χ2n) is 1.90. The summed E-state index contributed by atoms with van der Waals surface area (Å²) in [5, 5.41) is 17.3. The Morgan fingerprint density at radius 1 is 1.30 bits per heavy atom. The largest absolute Gasteiger partial charge is 0.382 e. The van der Waals surface area contributed by atoms with Crippen LogP contribution in [0.15, 0.2) is 0 Å². The third-order valence-corrected chi connectivity index (χ3v) is 1.01. The summed E-state index contributed by atoms with van der Waals surface area (Å²) in [4.78, 5) is 20.4. The van der Waals surface area contributed by atoms with Crippen molar-refractivity contribution in [2.75, 3.05) is 0 Å². The number of aliphatic hydroxyl groups excluding tert-OH is 2. The third kappa shape index (κ3) is 2.12. The molecule has 0 rings (SSSR count). The van der Waals surface area contributed by atoms with E-state index in [1.54, 1.807) is 0 Å². The first-order valence-corrected chi connectivity index (χ1v) is 2.62. The Kier molecular flexibility index (Phi) is 2.98. The first kappa shape index (κ1) is 9.06. The summed E-state index contributed by atoms with van der Waals surface area (Å²) < 4.78 is 0. The lowest BCUT2D eigenvalue weighted by Crippen LogP contribution is -2.42. The van der Waals surface area contributed by atoms with Gasteiger partial charge in [0.1, 0.15) is 6.10 Å². The van der Waals surface area contributed by atoms with Crippen molar-refractivity contribution >= 4 is 11.7 Å². The molecule has 2 atom stereocenters. The van der Waals surface area contributed by atoms with Gasteiger partial charge >= 0.3 is 0 Å². The molecule has 5 nitrogen and oxygen atoms in total. The number of aliphatic hydroxyl groups is 2. The number of Topliss-reactive ketones (excluding diaryl/α,β-unsaturated/α-hetero) is 1. The van der Waals surface area contributed by atoms with Crippen molar-refractivity contribution in [1.82, 2.24) is 0 Å². The Morgan fingerprint density at radius 3 is 1.80 bits per heavy atom. The number of primary amides is 1. The van der Waals surface area contributed by atoms with Crippen molar-refractivity contribution < 1.29 is 19.8 Å². The molecule has 0 fully saturated rings. The van der Waals surface area contributed by atoms with Gasteiger partial charge in [0.2, 0.25) is 5.91 Å². The molecule has 0 aromatic rings. The quantitative estimate of drug-likeness (QED) is 0.421. The lowest BCUT2D eigenvalue weighted by atomic mass is 10.1. The van der Waals surface area contributed by atoms with Crippen LogP contribution in [0, 0.1) is 0 Å². The Hall–Kier alpha value is -0.940. The molecule has 0 radical (unpaired) electrons. The van der Waals surface area contributed by atoms with E-state index in [-0.39, 0.29) is 0 Å². The molecule has 0 bridgehead atoms. The summed E-state index contributed by atoms with van der Waals surface area (Å²) in [6.07, 6.45) is -3.49. The summed E-state index contributed by atoms with van der Waals surface area (Å²) in [6, 6.07) is 0. The Labute approximate surface area is 57.5 Å². The molecule has 10 heavy (non-hydrogen) atoms. The molecule has 5 heteroatoms. The van der Waals surface area contributed by atoms with E-state index in [2.05, 4.69) is 5.73 Å². The highest BCUT2D eigenvalue weighted by atomic mass is 16.3. The maximum absolute atomic E-state index is 10.3. The van der Waals surface area contributed by atoms with Crippen LogP contribution in [0.3, 0.4) is 0 Å². The minimum Gasteiger partial charge on any atom is -0.382 e. The first-order chi connectivity index (χ1) is 4.46. The van der Waals surface area contributed by atoms with Gasteiger partial charge in [-0.1, -0.05) is 0 Å². The van der Waals surface area contributed by atoms with Gasteiger partial charge in [0.15, 0.2) is 11.9 Å². The van der Waals surface area contributed by atoms with Gasteiger partial charge in [0.05, 0.1) is 0 Å². The maximum atomic E-state index is 10.3. The Bertz CT molecular complexity index is 138. The smallest absolute Gasteiger partial charge is 0.249 e. The monoisotopic (exact) mass is 147 g/mol. The van der Waals surface area contributed by atoms with Crippen LogP contribution >= 0.6 is 0 Å². The van der Waals surface area contributed by atoms with Gasteiger partial charge < -0.3 is 15.9 Å². The molecule has 0 saturated heterocycles. The molecule has 1 unspecified atom stereocenters. The van der Waals surface area contributed by atoms with Crippen LogP contribution in [0.4, 0.5) is 0 Å². The molecular formula is C5H9NO4. The zero-order chi connectivity index (χ0) is 8.31. The molecule has 0 saturated carbocycles. The minimum absolute atomic E-state index is 0.689. The van der Waals surface area contributed by atoms with E-state index in [0.717, 1.165) is 6.92 Å². The van der Waals surface area contributed by atoms with Crippen LogP contribution in [0.25, 0.3) is 0 Å². The molecule has 0 aliphatic carbocycles. The highest BCUT2D eigenvalue weighted by Crippen LogP contribution is 1.92. The van der Waals surface area contributed by atoms with Crippen molar-refractivity contribution in [2.45, 2.75) is 19.1 Å². The standard InChI is InChI=1S/C5H9NO4/c1-2(7)3(8)4(9)5(6)10/h3-4,8-9H,1H3,(H2,6,10)/t3?,4-/m0/s1. The Balaban J connectivity index is 4.07. The molecule has 4 N–H and O–H groups in total. The second-order valence-corrected chi connectivity index (χ2v) is 1.90. The van der Waals surface area contributed by atoms with Crippen molar-refractivity contribution in [3.8, 4) is 0 Å². The van der Waals surface area contributed by atoms with Gasteiger partial charge in [-0.25, -0.2) is 0 Å². The maximum Gasteiger partial charge on any atom is 0.249 e. The average Bonchev–Trinajstić information content (AvgIpc) is 1.84. The highest BCUT2D eigenvalue weighted by Gasteiger charge is 2.24. The summed E-state index contributed by atoms with van der Waals surface area (Å²) in [7, 11) is 0. The van der Waals surface area contributed by atoms with Gasteiger partial charge in [-0.15, -0.1) is 0 Å². The highest BCUT2D eigenvalue weighted by molar-refractivity contribution is 5.89. The molecular weight excluding hydrogens is 138 g/mol. The van der Waals surface area contributed by atoms with Crippen molar-refractivity contribution in [3.63, 3.8) is 0 Å². The predicted molar refractivity (Wildman–Crippen MR) is 31.9 cm³/mol. The summed E-state index contributed by atoms with van der Waals surface area (Å²) >= 11 is 0. The van der Waals surface area contributed by atoms with E-state index in [1.165, 1.54) is 0 Å². The number of nitrogens with two attached hydrogens (primary N) is 1. The van der Waals surface area contributed by atoms with Gasteiger partial charge in [-0.05, 0) is 6.92 Å². The molecule has 0 heterocycles. The lowest BCUT2D eigenvalue weighted by molar-refractivity contribution is -0.141. The topological polar surface area (TPSA) is 101 Å². The molecule has 0 aromatic heterocycles. The normalized spacial score (nSPS) is 15.9. The number of hydrogen-bond donors (Lipinski definition) is 3. The zero-order valence-corrected chi connectivity index (χ0v) is 5.44. The Morgan fingerprint density at radius 2 is 1.70 bits per heavy atom. The van der Waals surface area contributed by atoms with Crippen LogP contribution in [0.5, 0.6) is 0 Å². The third-order valence-electron chi connectivity index (χ3n) is 1.01. The number of rotatable bonds is 3. The SMILES string of the molecule is CC(=O)C(O)[C@H](O)C(N)=O. The van der Waals surface area contributed by atoms with Gasteiger partial charge in [-0.3, -0.25) is 9.59 Å². The van der Waals surface area contributed by atoms with Crippen molar-refractivity contribution in [3.05, 3.63) is 0 Å². The van der Waals surface area contributed by atoms with E-state index in [4.69, 9.17) is 10.2 Å². The van der Waals surface area contributed by atoms with Gasteiger partial charge in [0.25, 0.3) is 0 Å². The van der Waals surface area contributed by atoms with E-state index in [1.807, 2.05) is 0 Å². The van der Waals surface area contributed by atoms with E-state index in [0.29, 0.717) is 0 Å². The van der Waals surface area contributed by atoms with E-state index in [9.17, 15) is 9.59 Å². The molecule has 0 aliphatic heterocycles. The fourth-order valence-electron chi connectivity index (χ4n) is 0.378. The average molecular weight is 147 g/mol. The second kappa shape index (κ2) is 3.28. The van der Waals surface area contributed by atoms with E-state index < -0.39 is 23.9 Å². The number of carbonyl (C=O) groups excluding carboxylic acids is 2. The number of hydrogen-bond acceptors (Lipinski definition) is 4.